The van der Waals surface area contributed by atoms with E-state index < -0.39 is 86.6 Å². The Labute approximate surface area is 286 Å². The minimum absolute atomic E-state index is 0.129. The summed E-state index contributed by atoms with van der Waals surface area (Å²) >= 11 is 0. The Hall–Kier alpha value is -3.55. The van der Waals surface area contributed by atoms with E-state index in [2.05, 4.69) is 6.58 Å². The van der Waals surface area contributed by atoms with Gasteiger partial charge in [0, 0.05) is 23.6 Å². The largest absolute Gasteiger partial charge is 0.493 e. The zero-order valence-corrected chi connectivity index (χ0v) is 27.2. The van der Waals surface area contributed by atoms with Crippen LogP contribution in [0.2, 0.25) is 0 Å². The second kappa shape index (κ2) is 13.9. The van der Waals surface area contributed by atoms with Crippen molar-refractivity contribution < 1.29 is 78.1 Å². The first-order valence-corrected chi connectivity index (χ1v) is 16.2. The van der Waals surface area contributed by atoms with E-state index in [1.807, 2.05) is 0 Å². The van der Waals surface area contributed by atoms with Gasteiger partial charge in [-0.25, -0.2) is 0 Å². The summed E-state index contributed by atoms with van der Waals surface area (Å²) in [4.78, 5) is 14.0. The average Bonchev–Trinajstić information content (AvgIpc) is 3.69. The lowest BCUT2D eigenvalue weighted by molar-refractivity contribution is -0.336. The molecule has 7 rings (SSSR count). The van der Waals surface area contributed by atoms with Crippen LogP contribution in [0.5, 0.6) is 28.7 Å². The summed E-state index contributed by atoms with van der Waals surface area (Å²) in [5.74, 6) is 1.62. The third-order valence-corrected chi connectivity index (χ3v) is 9.82. The van der Waals surface area contributed by atoms with E-state index in [-0.39, 0.29) is 19.0 Å². The Kier molecular flexibility index (Phi) is 9.68. The maximum Gasteiger partial charge on any atom is 0.187 e. The molecular formula is C34H40O16. The molecule has 2 aromatic rings. The van der Waals surface area contributed by atoms with E-state index in [0.29, 0.717) is 57.4 Å². The van der Waals surface area contributed by atoms with Gasteiger partial charge in [0.2, 0.25) is 0 Å². The van der Waals surface area contributed by atoms with Gasteiger partial charge in [0.25, 0.3) is 0 Å². The molecule has 0 spiro atoms. The van der Waals surface area contributed by atoms with Gasteiger partial charge >= 0.3 is 0 Å². The number of ketones is 1. The molecule has 2 saturated heterocycles. The number of fused-ring (bicyclic) bond motifs is 6. The lowest BCUT2D eigenvalue weighted by Gasteiger charge is -2.42. The molecule has 5 heterocycles. The molecule has 0 radical (unpaired) electrons. The number of carbonyl (C=O) groups excluding carboxylic acids is 1. The van der Waals surface area contributed by atoms with Gasteiger partial charge in [-0.15, -0.1) is 0 Å². The van der Waals surface area contributed by atoms with Crippen molar-refractivity contribution in [3.05, 3.63) is 53.1 Å². The van der Waals surface area contributed by atoms with Crippen LogP contribution in [0.25, 0.3) is 0 Å². The summed E-state index contributed by atoms with van der Waals surface area (Å²) in [6.45, 7) is 2.81. The monoisotopic (exact) mass is 704 g/mol. The summed E-state index contributed by atoms with van der Waals surface area (Å²) in [6.07, 6.45) is -13.9. The van der Waals surface area contributed by atoms with Crippen molar-refractivity contribution in [1.29, 1.82) is 0 Å². The van der Waals surface area contributed by atoms with Gasteiger partial charge in [0.1, 0.15) is 78.8 Å². The number of aliphatic hydroxyl groups is 6. The fourth-order valence-corrected chi connectivity index (χ4v) is 7.04. The zero-order valence-electron chi connectivity index (χ0n) is 27.2. The standard InChI is InChI=1S/C34H40O16/c1-13(11-45-34-32(29(40)27(38)22(9-35)49-34)50-33-30(41)28(39)23(10-36)48-33)18-7-16-17(46-18)5-4-14-26(37)25-15-6-20(42-2)21(43-3)8-19(15)44-12-24(25)47-31(14)16/h4-6,8,18,22-25,27-30,32-36,38-41H,1,7,9-12H2,2-3H3. The molecule has 2 fully saturated rings. The molecule has 5 aliphatic heterocycles. The van der Waals surface area contributed by atoms with Gasteiger partial charge in [0.15, 0.2) is 29.9 Å². The molecule has 0 bridgehead atoms. The highest BCUT2D eigenvalue weighted by Crippen LogP contribution is 2.50. The molecule has 0 saturated carbocycles. The number of hydrogen-bond acceptors (Lipinski definition) is 16. The molecule has 12 atom stereocenters. The predicted octanol–water partition coefficient (Wildman–Crippen LogP) is -1.04. The molecule has 16 heteroatoms. The van der Waals surface area contributed by atoms with Crippen LogP contribution in [0.1, 0.15) is 27.4 Å². The van der Waals surface area contributed by atoms with Gasteiger partial charge in [-0.1, -0.05) is 6.58 Å². The van der Waals surface area contributed by atoms with Gasteiger partial charge in [-0.3, -0.25) is 4.79 Å². The van der Waals surface area contributed by atoms with Crippen molar-refractivity contribution in [2.45, 2.75) is 79.9 Å². The smallest absolute Gasteiger partial charge is 0.187 e. The van der Waals surface area contributed by atoms with Gasteiger partial charge < -0.3 is 73.3 Å². The Morgan fingerprint density at radius 1 is 0.880 bits per heavy atom. The van der Waals surface area contributed by atoms with Gasteiger partial charge in [-0.2, -0.15) is 0 Å². The number of hydrogen-bond donors (Lipinski definition) is 6. The maximum absolute atomic E-state index is 14.0. The first kappa shape index (κ1) is 34.9. The van der Waals surface area contributed by atoms with Crippen LogP contribution in [-0.2, 0) is 25.4 Å². The topological polar surface area (TPSA) is 222 Å². The number of rotatable bonds is 10. The molecule has 12 unspecified atom stereocenters. The second-order valence-corrected chi connectivity index (χ2v) is 12.8. The summed E-state index contributed by atoms with van der Waals surface area (Å²) < 4.78 is 52.2. The number of aliphatic hydroxyl groups excluding tert-OH is 6. The highest BCUT2D eigenvalue weighted by Gasteiger charge is 2.51. The fraction of sp³-hybridized carbons (Fsp3) is 0.559. The van der Waals surface area contributed by atoms with Crippen LogP contribution in [0, 0.1) is 0 Å². The SMILES string of the molecule is C=C(COC1OC(CO)C(O)C(O)C1OC1OC(CO)C(O)C1O)C1Cc2c(ccc3c2OC2COc4cc(OC)c(OC)cc4C2C3=O)O1. The van der Waals surface area contributed by atoms with Crippen molar-refractivity contribution in [3.63, 3.8) is 0 Å². The average molecular weight is 705 g/mol. The molecular weight excluding hydrogens is 664 g/mol. The highest BCUT2D eigenvalue weighted by atomic mass is 16.8. The van der Waals surface area contributed by atoms with Crippen molar-refractivity contribution in [2.24, 2.45) is 0 Å². The number of benzene rings is 2. The minimum Gasteiger partial charge on any atom is -0.493 e. The van der Waals surface area contributed by atoms with Crippen LogP contribution in [-0.4, -0.2) is 145 Å². The van der Waals surface area contributed by atoms with Gasteiger partial charge in [0.05, 0.1) is 45.5 Å². The summed E-state index contributed by atoms with van der Waals surface area (Å²) in [5, 5.41) is 61.0. The molecule has 5 aliphatic rings. The van der Waals surface area contributed by atoms with Crippen LogP contribution in [0.4, 0.5) is 0 Å². The normalized spacial score (nSPS) is 35.5. The predicted molar refractivity (Wildman–Crippen MR) is 167 cm³/mol. The van der Waals surface area contributed by atoms with E-state index in [1.54, 1.807) is 24.3 Å². The lowest BCUT2D eigenvalue weighted by Crippen LogP contribution is -2.61. The first-order chi connectivity index (χ1) is 24.1. The fourth-order valence-electron chi connectivity index (χ4n) is 7.04. The van der Waals surface area contributed by atoms with E-state index >= 15 is 0 Å². The van der Waals surface area contributed by atoms with E-state index in [9.17, 15) is 35.4 Å². The van der Waals surface area contributed by atoms with E-state index in [1.165, 1.54) is 14.2 Å². The van der Waals surface area contributed by atoms with Crippen molar-refractivity contribution >= 4 is 5.78 Å². The minimum atomic E-state index is -1.66. The number of Topliss-reactive ketones (excluding diaryl/α,β-unsaturated/α-hetero) is 1. The van der Waals surface area contributed by atoms with Crippen LogP contribution >= 0.6 is 0 Å². The molecule has 50 heavy (non-hydrogen) atoms. The third-order valence-electron chi connectivity index (χ3n) is 9.82. The van der Waals surface area contributed by atoms with Crippen molar-refractivity contribution in [1.82, 2.24) is 0 Å². The second-order valence-electron chi connectivity index (χ2n) is 12.8. The lowest BCUT2D eigenvalue weighted by atomic mass is 9.81. The third kappa shape index (κ3) is 5.88. The first-order valence-electron chi connectivity index (χ1n) is 16.2. The Balaban J connectivity index is 1.05. The van der Waals surface area contributed by atoms with E-state index in [4.69, 9.17) is 42.6 Å². The van der Waals surface area contributed by atoms with Crippen LogP contribution in [0.15, 0.2) is 36.4 Å². The molecule has 0 aliphatic carbocycles. The Bertz CT molecular complexity index is 1610. The van der Waals surface area contributed by atoms with Crippen molar-refractivity contribution in [3.8, 4) is 28.7 Å². The Morgan fingerprint density at radius 3 is 2.26 bits per heavy atom. The highest BCUT2D eigenvalue weighted by molar-refractivity contribution is 6.06. The molecule has 272 valence electrons. The number of ether oxygens (including phenoxy) is 9. The molecule has 2 aromatic carbocycles. The molecule has 16 nitrogen and oxygen atoms in total. The molecule has 0 amide bonds. The van der Waals surface area contributed by atoms with Crippen LogP contribution in [0.3, 0.4) is 0 Å². The van der Waals surface area contributed by atoms with E-state index in [0.717, 1.165) is 0 Å². The molecule has 6 N–H and O–H groups in total. The molecule has 0 aromatic heterocycles. The number of methoxy groups -OCH3 is 2. The Morgan fingerprint density at radius 2 is 1.56 bits per heavy atom. The van der Waals surface area contributed by atoms with Crippen molar-refractivity contribution in [2.75, 3.05) is 40.6 Å². The zero-order chi connectivity index (χ0) is 35.4. The summed E-state index contributed by atoms with van der Waals surface area (Å²) in [5.41, 5.74) is 2.17. The maximum atomic E-state index is 14.0. The number of carbonyl (C=O) groups is 1. The van der Waals surface area contributed by atoms with Gasteiger partial charge in [-0.05, 0) is 23.8 Å². The van der Waals surface area contributed by atoms with Crippen LogP contribution < -0.4 is 23.7 Å². The quantitative estimate of drug-likeness (QED) is 0.163. The summed E-state index contributed by atoms with van der Waals surface area (Å²) in [6, 6.07) is 6.81. The summed E-state index contributed by atoms with van der Waals surface area (Å²) in [7, 11) is 3.04.